The van der Waals surface area contributed by atoms with E-state index in [2.05, 4.69) is 14.7 Å². The Morgan fingerprint density at radius 2 is 1.30 bits per heavy atom. The molecule has 0 radical (unpaired) electrons. The molecule has 0 aliphatic carbocycles. The molecule has 0 saturated carbocycles. The van der Waals surface area contributed by atoms with Gasteiger partial charge in [-0.15, -0.1) is 0 Å². The first-order valence-electron chi connectivity index (χ1n) is 10.4. The smallest absolute Gasteiger partial charge is 0.330 e. The zero-order valence-electron chi connectivity index (χ0n) is 19.2. The van der Waals surface area contributed by atoms with Crippen LogP contribution < -0.4 is 0 Å². The minimum Gasteiger partial charge on any atom is -0.478 e. The van der Waals surface area contributed by atoms with Crippen LogP contribution in [-0.2, 0) is 14.3 Å². The average molecular weight is 502 g/mol. The Bertz CT molecular complexity index is 1580. The van der Waals surface area contributed by atoms with Gasteiger partial charge in [0, 0.05) is 47.5 Å². The Balaban J connectivity index is 0.000000206. The van der Waals surface area contributed by atoms with Crippen LogP contribution in [0.4, 0.5) is 11.4 Å². The van der Waals surface area contributed by atoms with Crippen molar-refractivity contribution in [1.29, 1.82) is 0 Å². The monoisotopic (exact) mass is 502 g/mol. The number of aliphatic carboxylic acids is 1. The van der Waals surface area contributed by atoms with Gasteiger partial charge in [0.15, 0.2) is 0 Å². The number of aromatic nitrogens is 2. The van der Waals surface area contributed by atoms with Gasteiger partial charge in [0.05, 0.1) is 39.1 Å². The number of hydrogen-bond donors (Lipinski definition) is 1. The molecule has 1 N–H and O–H groups in total. The van der Waals surface area contributed by atoms with Crippen LogP contribution in [0.3, 0.4) is 0 Å². The highest BCUT2D eigenvalue weighted by atomic mass is 16.6. The van der Waals surface area contributed by atoms with Gasteiger partial charge in [0.2, 0.25) is 0 Å². The van der Waals surface area contributed by atoms with Crippen molar-refractivity contribution >= 4 is 57.3 Å². The predicted octanol–water partition coefficient (Wildman–Crippen LogP) is 4.57. The highest BCUT2D eigenvalue weighted by molar-refractivity contribution is 5.91. The topological polar surface area (TPSA) is 176 Å². The van der Waals surface area contributed by atoms with Crippen LogP contribution in [-0.4, -0.2) is 44.0 Å². The average Bonchev–Trinajstić information content (AvgIpc) is 2.89. The van der Waals surface area contributed by atoms with Gasteiger partial charge in [-0.2, -0.15) is 0 Å². The summed E-state index contributed by atoms with van der Waals surface area (Å²) < 4.78 is 4.45. The van der Waals surface area contributed by atoms with Crippen LogP contribution in [0.25, 0.3) is 34.0 Å². The van der Waals surface area contributed by atoms with Crippen LogP contribution in [0, 0.1) is 20.2 Å². The van der Waals surface area contributed by atoms with Crippen LogP contribution >= 0.6 is 0 Å². The molecule has 0 fully saturated rings. The quantitative estimate of drug-likeness (QED) is 0.170. The van der Waals surface area contributed by atoms with Crippen molar-refractivity contribution in [3.8, 4) is 0 Å². The lowest BCUT2D eigenvalue weighted by atomic mass is 10.1. The van der Waals surface area contributed by atoms with Crippen LogP contribution in [0.2, 0.25) is 0 Å². The number of esters is 1. The lowest BCUT2D eigenvalue weighted by Crippen LogP contribution is -1.95. The molecule has 0 bridgehead atoms. The summed E-state index contributed by atoms with van der Waals surface area (Å²) >= 11 is 0. The highest BCUT2D eigenvalue weighted by Gasteiger charge is 2.15. The SMILES string of the molecule is COC(=O)/C=C/c1cc2cccnc2cc1[N+](=O)[O-].O=C(O)/C=C/c1cc2cccnc2cc1[N+](=O)[O-]. The number of carboxylic acids is 1. The largest absolute Gasteiger partial charge is 0.478 e. The molecule has 0 atom stereocenters. The van der Waals surface area contributed by atoms with E-state index < -0.39 is 21.8 Å². The highest BCUT2D eigenvalue weighted by Crippen LogP contribution is 2.26. The van der Waals surface area contributed by atoms with E-state index in [0.29, 0.717) is 22.0 Å². The summed E-state index contributed by atoms with van der Waals surface area (Å²) in [6, 6.07) is 12.9. The molecule has 0 saturated heterocycles. The molecule has 2 heterocycles. The molecule has 0 unspecified atom stereocenters. The van der Waals surface area contributed by atoms with Gasteiger partial charge in [-0.05, 0) is 36.4 Å². The molecular weight excluding hydrogens is 484 g/mol. The fourth-order valence-corrected chi connectivity index (χ4v) is 3.22. The number of ether oxygens (including phenoxy) is 1. The summed E-state index contributed by atoms with van der Waals surface area (Å²) in [7, 11) is 1.24. The number of hydrogen-bond acceptors (Lipinski definition) is 9. The van der Waals surface area contributed by atoms with Crippen molar-refractivity contribution in [2.24, 2.45) is 0 Å². The standard InChI is InChI=1S/C13H10N2O4.C12H8N2O4/c1-19-13(16)5-4-10-7-9-3-2-6-14-11(9)8-12(10)15(17)18;15-12(16)4-3-9-6-8-2-1-5-13-10(8)7-11(9)14(17)18/h2-8H,1H3;1-7H,(H,15,16)/b5-4+;4-3+. The first-order chi connectivity index (χ1) is 17.7. The number of carbonyl (C=O) groups is 2. The maximum absolute atomic E-state index is 11.0. The Hall–Kier alpha value is -5.52. The van der Waals surface area contributed by atoms with Gasteiger partial charge in [-0.25, -0.2) is 9.59 Å². The number of nitrogens with zero attached hydrogens (tertiary/aromatic N) is 4. The van der Waals surface area contributed by atoms with E-state index in [1.807, 2.05) is 0 Å². The summed E-state index contributed by atoms with van der Waals surface area (Å²) in [6.07, 6.45) is 7.67. The molecule has 186 valence electrons. The van der Waals surface area contributed by atoms with Gasteiger partial charge in [0.25, 0.3) is 11.4 Å². The van der Waals surface area contributed by atoms with Crippen molar-refractivity contribution in [2.45, 2.75) is 0 Å². The molecule has 2 aromatic heterocycles. The summed E-state index contributed by atoms with van der Waals surface area (Å²) in [5, 5.41) is 31.9. The van der Waals surface area contributed by atoms with Crippen LogP contribution in [0.1, 0.15) is 11.1 Å². The molecule has 37 heavy (non-hydrogen) atoms. The molecule has 0 amide bonds. The lowest BCUT2D eigenvalue weighted by molar-refractivity contribution is -0.385. The van der Waals surface area contributed by atoms with E-state index in [1.54, 1.807) is 48.8 Å². The van der Waals surface area contributed by atoms with Crippen LogP contribution in [0.5, 0.6) is 0 Å². The zero-order chi connectivity index (χ0) is 26.9. The summed E-state index contributed by atoms with van der Waals surface area (Å²) in [5.74, 6) is -1.73. The summed E-state index contributed by atoms with van der Waals surface area (Å²) in [4.78, 5) is 50.4. The number of methoxy groups -OCH3 is 1. The lowest BCUT2D eigenvalue weighted by Gasteiger charge is -2.01. The Labute approximate surface area is 208 Å². The molecule has 0 spiro atoms. The van der Waals surface area contributed by atoms with E-state index in [0.717, 1.165) is 17.5 Å². The molecular formula is C25H18N4O8. The number of nitro groups is 2. The fourth-order valence-electron chi connectivity index (χ4n) is 3.22. The molecule has 4 aromatic rings. The molecule has 2 aromatic carbocycles. The zero-order valence-corrected chi connectivity index (χ0v) is 19.2. The van der Waals surface area contributed by atoms with Gasteiger partial charge in [-0.3, -0.25) is 30.2 Å². The van der Waals surface area contributed by atoms with Crippen molar-refractivity contribution in [3.63, 3.8) is 0 Å². The Morgan fingerprint density at radius 3 is 1.70 bits per heavy atom. The minimum atomic E-state index is -1.16. The molecule has 12 nitrogen and oxygen atoms in total. The van der Waals surface area contributed by atoms with Gasteiger partial charge in [-0.1, -0.05) is 12.1 Å². The fraction of sp³-hybridized carbons (Fsp3) is 0.0400. The van der Waals surface area contributed by atoms with Crippen molar-refractivity contribution in [3.05, 3.63) is 104 Å². The van der Waals surface area contributed by atoms with Crippen molar-refractivity contribution in [2.75, 3.05) is 7.11 Å². The molecule has 4 rings (SSSR count). The number of carboxylic acid groups (broad SMARTS) is 1. The van der Waals surface area contributed by atoms with Crippen molar-refractivity contribution in [1.82, 2.24) is 9.97 Å². The maximum atomic E-state index is 11.0. The third-order valence-electron chi connectivity index (χ3n) is 4.90. The van der Waals surface area contributed by atoms with Gasteiger partial charge < -0.3 is 9.84 Å². The third kappa shape index (κ3) is 6.76. The van der Waals surface area contributed by atoms with Crippen LogP contribution in [0.15, 0.2) is 73.1 Å². The Morgan fingerprint density at radius 1 is 0.838 bits per heavy atom. The number of nitro benzene ring substituents is 2. The van der Waals surface area contributed by atoms with Crippen molar-refractivity contribution < 1.29 is 29.3 Å². The van der Waals surface area contributed by atoms with E-state index >= 15 is 0 Å². The maximum Gasteiger partial charge on any atom is 0.330 e. The molecule has 12 heteroatoms. The second-order valence-electron chi connectivity index (χ2n) is 7.26. The number of pyridine rings is 2. The van der Waals surface area contributed by atoms with E-state index in [4.69, 9.17) is 5.11 Å². The second-order valence-corrected chi connectivity index (χ2v) is 7.26. The van der Waals surface area contributed by atoms with Gasteiger partial charge in [0.1, 0.15) is 0 Å². The number of benzene rings is 2. The second kappa shape index (κ2) is 11.8. The van der Waals surface area contributed by atoms with E-state index in [1.165, 1.54) is 31.4 Å². The Kier molecular flexibility index (Phi) is 8.29. The number of fused-ring (bicyclic) bond motifs is 2. The number of rotatable bonds is 6. The first-order valence-corrected chi connectivity index (χ1v) is 10.4. The van der Waals surface area contributed by atoms with Gasteiger partial charge >= 0.3 is 11.9 Å². The summed E-state index contributed by atoms with van der Waals surface area (Å²) in [6.45, 7) is 0. The van der Waals surface area contributed by atoms with E-state index in [9.17, 15) is 29.8 Å². The predicted molar refractivity (Wildman–Crippen MR) is 135 cm³/mol. The number of carbonyl (C=O) groups excluding carboxylic acids is 1. The van der Waals surface area contributed by atoms with E-state index in [-0.39, 0.29) is 16.9 Å². The molecule has 0 aliphatic rings. The minimum absolute atomic E-state index is 0.105. The molecule has 0 aliphatic heterocycles. The third-order valence-corrected chi connectivity index (χ3v) is 4.90. The first kappa shape index (κ1) is 26.1. The summed E-state index contributed by atoms with van der Waals surface area (Å²) in [5.41, 5.74) is 1.32. The normalized spacial score (nSPS) is 10.8.